The zero-order valence-corrected chi connectivity index (χ0v) is 15.3. The fourth-order valence-corrected chi connectivity index (χ4v) is 3.13. The molecule has 3 rings (SSSR count). The average molecular weight is 394 g/mol. The Bertz CT molecular complexity index is 834. The molecule has 1 saturated carbocycles. The van der Waals surface area contributed by atoms with E-state index in [1.807, 2.05) is 0 Å². The van der Waals surface area contributed by atoms with Crippen LogP contribution in [0, 0.1) is 0 Å². The first kappa shape index (κ1) is 19.9. The molecule has 8 heteroatoms. The lowest BCUT2D eigenvalue weighted by Crippen LogP contribution is -2.30. The van der Waals surface area contributed by atoms with E-state index in [0.717, 1.165) is 31.7 Å². The van der Waals surface area contributed by atoms with Crippen LogP contribution < -0.4 is 20.3 Å². The number of halogens is 3. The van der Waals surface area contributed by atoms with Crippen molar-refractivity contribution in [3.05, 3.63) is 53.6 Å². The number of rotatable bonds is 6. The molecule has 1 aliphatic carbocycles. The second kappa shape index (κ2) is 8.41. The SMILES string of the molecule is COc1cc(C(=O)NNc2ccccc2C(F)(F)F)ccc1OC1CCCC1. The van der Waals surface area contributed by atoms with Crippen LogP contribution in [0.2, 0.25) is 0 Å². The van der Waals surface area contributed by atoms with Crippen molar-refractivity contribution in [2.24, 2.45) is 0 Å². The van der Waals surface area contributed by atoms with Gasteiger partial charge in [0, 0.05) is 5.56 Å². The van der Waals surface area contributed by atoms with Crippen LogP contribution in [0.4, 0.5) is 18.9 Å². The molecule has 1 amide bonds. The summed E-state index contributed by atoms with van der Waals surface area (Å²) in [5.41, 5.74) is 3.75. The number of ether oxygens (including phenoxy) is 2. The first-order valence-corrected chi connectivity index (χ1v) is 8.96. The van der Waals surface area contributed by atoms with Crippen molar-refractivity contribution in [1.82, 2.24) is 5.43 Å². The van der Waals surface area contributed by atoms with E-state index in [1.54, 1.807) is 12.1 Å². The second-order valence-electron chi connectivity index (χ2n) is 6.51. The summed E-state index contributed by atoms with van der Waals surface area (Å²) in [4.78, 5) is 12.4. The Balaban J connectivity index is 1.69. The number of hydrogen-bond donors (Lipinski definition) is 2. The molecular weight excluding hydrogens is 373 g/mol. The highest BCUT2D eigenvalue weighted by atomic mass is 19.4. The zero-order chi connectivity index (χ0) is 20.1. The van der Waals surface area contributed by atoms with Crippen molar-refractivity contribution < 1.29 is 27.4 Å². The molecule has 1 aliphatic rings. The van der Waals surface area contributed by atoms with Gasteiger partial charge in [0.05, 0.1) is 24.5 Å². The molecule has 0 aromatic heterocycles. The van der Waals surface area contributed by atoms with Crippen molar-refractivity contribution in [3.8, 4) is 11.5 Å². The largest absolute Gasteiger partial charge is 0.493 e. The standard InChI is InChI=1S/C20H21F3N2O3/c1-27-18-12-13(10-11-17(18)28-14-6-2-3-7-14)19(26)25-24-16-9-5-4-8-15(16)20(21,22)23/h4-5,8-12,14,24H,2-3,6-7H2,1H3,(H,25,26). The number of alkyl halides is 3. The van der Waals surface area contributed by atoms with Gasteiger partial charge < -0.3 is 9.47 Å². The van der Waals surface area contributed by atoms with E-state index in [2.05, 4.69) is 10.9 Å². The molecule has 0 spiro atoms. The van der Waals surface area contributed by atoms with Crippen molar-refractivity contribution in [2.75, 3.05) is 12.5 Å². The molecule has 0 aliphatic heterocycles. The monoisotopic (exact) mass is 394 g/mol. The molecule has 0 heterocycles. The maximum atomic E-state index is 13.0. The van der Waals surface area contributed by atoms with Crippen molar-refractivity contribution >= 4 is 11.6 Å². The number of anilines is 1. The van der Waals surface area contributed by atoms with E-state index in [1.165, 1.54) is 31.4 Å². The van der Waals surface area contributed by atoms with E-state index in [0.29, 0.717) is 11.5 Å². The van der Waals surface area contributed by atoms with E-state index in [-0.39, 0.29) is 17.4 Å². The molecule has 2 aromatic rings. The molecule has 0 bridgehead atoms. The third-order valence-electron chi connectivity index (χ3n) is 4.56. The van der Waals surface area contributed by atoms with Gasteiger partial charge >= 0.3 is 6.18 Å². The van der Waals surface area contributed by atoms with Crippen LogP contribution in [-0.2, 0) is 6.18 Å². The van der Waals surface area contributed by atoms with Crippen LogP contribution in [-0.4, -0.2) is 19.1 Å². The van der Waals surface area contributed by atoms with Crippen LogP contribution in [0.25, 0.3) is 0 Å². The number of carbonyl (C=O) groups excluding carboxylic acids is 1. The number of hydrazine groups is 1. The lowest BCUT2D eigenvalue weighted by Gasteiger charge is -2.17. The Morgan fingerprint density at radius 2 is 1.79 bits per heavy atom. The summed E-state index contributed by atoms with van der Waals surface area (Å²) >= 11 is 0. The van der Waals surface area contributed by atoms with E-state index in [9.17, 15) is 18.0 Å². The summed E-state index contributed by atoms with van der Waals surface area (Å²) in [6.45, 7) is 0. The number of para-hydroxylation sites is 1. The van der Waals surface area contributed by atoms with Crippen LogP contribution in [0.3, 0.4) is 0 Å². The molecule has 0 unspecified atom stereocenters. The van der Waals surface area contributed by atoms with Gasteiger partial charge in [0.1, 0.15) is 0 Å². The normalized spacial score (nSPS) is 14.6. The third-order valence-corrected chi connectivity index (χ3v) is 4.56. The van der Waals surface area contributed by atoms with Gasteiger partial charge in [0.25, 0.3) is 5.91 Å². The van der Waals surface area contributed by atoms with Crippen molar-refractivity contribution in [1.29, 1.82) is 0 Å². The van der Waals surface area contributed by atoms with Gasteiger partial charge in [-0.25, -0.2) is 0 Å². The summed E-state index contributed by atoms with van der Waals surface area (Å²) < 4.78 is 50.3. The summed E-state index contributed by atoms with van der Waals surface area (Å²) in [5, 5.41) is 0. The highest BCUT2D eigenvalue weighted by Crippen LogP contribution is 2.34. The first-order valence-electron chi connectivity index (χ1n) is 8.96. The lowest BCUT2D eigenvalue weighted by molar-refractivity contribution is -0.137. The molecule has 0 saturated heterocycles. The van der Waals surface area contributed by atoms with Gasteiger partial charge in [-0.2, -0.15) is 13.2 Å². The number of carbonyl (C=O) groups is 1. The minimum atomic E-state index is -4.53. The smallest absolute Gasteiger partial charge is 0.418 e. The van der Waals surface area contributed by atoms with Crippen LogP contribution >= 0.6 is 0 Å². The van der Waals surface area contributed by atoms with Crippen LogP contribution in [0.5, 0.6) is 11.5 Å². The molecule has 0 radical (unpaired) electrons. The number of amides is 1. The summed E-state index contributed by atoms with van der Waals surface area (Å²) in [7, 11) is 1.47. The van der Waals surface area contributed by atoms with Gasteiger partial charge in [-0.3, -0.25) is 15.6 Å². The number of methoxy groups -OCH3 is 1. The molecule has 2 aromatic carbocycles. The fraction of sp³-hybridized carbons (Fsp3) is 0.350. The van der Waals surface area contributed by atoms with Crippen LogP contribution in [0.1, 0.15) is 41.6 Å². The Kier molecular flexibility index (Phi) is 5.96. The predicted octanol–water partition coefficient (Wildman–Crippen LogP) is 4.79. The Labute approximate surface area is 160 Å². The highest BCUT2D eigenvalue weighted by molar-refractivity contribution is 5.95. The molecule has 28 heavy (non-hydrogen) atoms. The topological polar surface area (TPSA) is 59.6 Å². The van der Waals surface area contributed by atoms with Gasteiger partial charge in [0.2, 0.25) is 0 Å². The van der Waals surface area contributed by atoms with Gasteiger partial charge in [-0.15, -0.1) is 0 Å². The van der Waals surface area contributed by atoms with Gasteiger partial charge in [0.15, 0.2) is 11.5 Å². The van der Waals surface area contributed by atoms with Crippen molar-refractivity contribution in [3.63, 3.8) is 0 Å². The molecule has 150 valence electrons. The second-order valence-corrected chi connectivity index (χ2v) is 6.51. The van der Waals surface area contributed by atoms with E-state index >= 15 is 0 Å². The Morgan fingerprint density at radius 3 is 2.46 bits per heavy atom. The molecule has 1 fully saturated rings. The average Bonchev–Trinajstić information content (AvgIpc) is 3.19. The minimum absolute atomic E-state index is 0.133. The van der Waals surface area contributed by atoms with Gasteiger partial charge in [-0.1, -0.05) is 12.1 Å². The molecule has 0 atom stereocenters. The molecule has 2 N–H and O–H groups in total. The third kappa shape index (κ3) is 4.68. The van der Waals surface area contributed by atoms with E-state index < -0.39 is 17.6 Å². The highest BCUT2D eigenvalue weighted by Gasteiger charge is 2.33. The Morgan fingerprint density at radius 1 is 1.07 bits per heavy atom. The maximum Gasteiger partial charge on any atom is 0.418 e. The molecular formula is C20H21F3N2O3. The Hall–Kier alpha value is -2.90. The number of hydrogen-bond acceptors (Lipinski definition) is 4. The summed E-state index contributed by atoms with van der Waals surface area (Å²) in [6, 6.07) is 9.58. The maximum absolute atomic E-state index is 13.0. The quantitative estimate of drug-likeness (QED) is 0.692. The number of benzene rings is 2. The van der Waals surface area contributed by atoms with Crippen molar-refractivity contribution in [2.45, 2.75) is 38.0 Å². The van der Waals surface area contributed by atoms with Gasteiger partial charge in [-0.05, 0) is 56.0 Å². The summed E-state index contributed by atoms with van der Waals surface area (Å²) in [6.07, 6.45) is -0.190. The molecule has 5 nitrogen and oxygen atoms in total. The summed E-state index contributed by atoms with van der Waals surface area (Å²) in [5.74, 6) is 0.347. The lowest BCUT2D eigenvalue weighted by atomic mass is 10.1. The van der Waals surface area contributed by atoms with E-state index in [4.69, 9.17) is 9.47 Å². The predicted molar refractivity (Wildman–Crippen MR) is 98.4 cm³/mol. The van der Waals surface area contributed by atoms with Crippen LogP contribution in [0.15, 0.2) is 42.5 Å². The first-order chi connectivity index (χ1) is 13.4. The minimum Gasteiger partial charge on any atom is -0.493 e. The number of nitrogens with one attached hydrogen (secondary N) is 2. The fourth-order valence-electron chi connectivity index (χ4n) is 3.13. The zero-order valence-electron chi connectivity index (χ0n) is 15.3.